The van der Waals surface area contributed by atoms with E-state index >= 15 is 0 Å². The summed E-state index contributed by atoms with van der Waals surface area (Å²) in [5.41, 5.74) is 2.91. The number of fused-ring (bicyclic) bond motifs is 2. The molecule has 2 N–H and O–H groups in total. The topological polar surface area (TPSA) is 93.7 Å². The molecule has 0 saturated carbocycles. The molecule has 1 aliphatic carbocycles. The van der Waals surface area contributed by atoms with Crippen molar-refractivity contribution in [2.45, 2.75) is 37.0 Å². The van der Waals surface area contributed by atoms with Gasteiger partial charge < -0.3 is 14.8 Å². The zero-order valence-corrected chi connectivity index (χ0v) is 16.2. The Morgan fingerprint density at radius 1 is 0.964 bits per heavy atom. The smallest absolute Gasteiger partial charge is 0.240 e. The van der Waals surface area contributed by atoms with E-state index in [4.69, 9.17) is 9.47 Å². The number of nitrogens with one attached hydrogen (secondary N) is 2. The number of hydrogen-bond acceptors (Lipinski definition) is 5. The molecule has 4 rings (SSSR count). The standard InChI is InChI=1S/C20H22N2O5S/c23-20(22-16-6-8-18-19(12-16)27-13-26-18)9-10-21-28(24,25)17-7-5-14-3-1-2-4-15(14)11-17/h5-8,11-12,21H,1-4,9-10,13H2,(H,22,23). The minimum absolute atomic E-state index is 0.0236. The lowest BCUT2D eigenvalue weighted by atomic mass is 9.92. The van der Waals surface area contributed by atoms with Gasteiger partial charge in [-0.15, -0.1) is 0 Å². The van der Waals surface area contributed by atoms with Crippen molar-refractivity contribution in [1.82, 2.24) is 4.72 Å². The summed E-state index contributed by atoms with van der Waals surface area (Å²) in [6.45, 7) is 0.188. The first-order valence-corrected chi connectivity index (χ1v) is 10.8. The van der Waals surface area contributed by atoms with E-state index < -0.39 is 10.0 Å². The molecule has 0 radical (unpaired) electrons. The van der Waals surface area contributed by atoms with Gasteiger partial charge in [-0.2, -0.15) is 0 Å². The average molecular weight is 402 g/mol. The number of amides is 1. The van der Waals surface area contributed by atoms with E-state index in [1.807, 2.05) is 6.07 Å². The number of benzene rings is 2. The lowest BCUT2D eigenvalue weighted by Gasteiger charge is -2.16. The van der Waals surface area contributed by atoms with Crippen molar-refractivity contribution in [2.24, 2.45) is 0 Å². The fourth-order valence-corrected chi connectivity index (χ4v) is 4.54. The highest BCUT2D eigenvalue weighted by atomic mass is 32.2. The molecule has 7 nitrogen and oxygen atoms in total. The predicted octanol–water partition coefficient (Wildman–Crippen LogP) is 2.60. The molecule has 0 aromatic heterocycles. The number of hydrogen-bond donors (Lipinski definition) is 2. The van der Waals surface area contributed by atoms with Gasteiger partial charge in [0.15, 0.2) is 11.5 Å². The van der Waals surface area contributed by atoms with E-state index in [9.17, 15) is 13.2 Å². The van der Waals surface area contributed by atoms with Crippen LogP contribution < -0.4 is 19.5 Å². The molecular formula is C20H22N2O5S. The SMILES string of the molecule is O=C(CCNS(=O)(=O)c1ccc2c(c1)CCCC2)Nc1ccc2c(c1)OCO2. The zero-order chi connectivity index (χ0) is 19.6. The molecule has 148 valence electrons. The molecule has 0 atom stereocenters. The molecule has 2 aromatic rings. The molecule has 1 heterocycles. The lowest BCUT2D eigenvalue weighted by Crippen LogP contribution is -2.28. The number of aryl methyl sites for hydroxylation is 2. The van der Waals surface area contributed by atoms with Crippen LogP contribution >= 0.6 is 0 Å². The molecule has 0 unspecified atom stereocenters. The van der Waals surface area contributed by atoms with Gasteiger partial charge >= 0.3 is 0 Å². The van der Waals surface area contributed by atoms with Crippen LogP contribution in [0.4, 0.5) is 5.69 Å². The van der Waals surface area contributed by atoms with E-state index in [-0.39, 0.29) is 30.6 Å². The normalized spacial score (nSPS) is 15.1. The summed E-state index contributed by atoms with van der Waals surface area (Å²) in [7, 11) is -3.64. The third-order valence-electron chi connectivity index (χ3n) is 4.93. The van der Waals surface area contributed by atoms with Crippen LogP contribution in [0.25, 0.3) is 0 Å². The predicted molar refractivity (Wildman–Crippen MR) is 104 cm³/mol. The maximum atomic E-state index is 12.5. The van der Waals surface area contributed by atoms with Gasteiger partial charge in [0.2, 0.25) is 22.7 Å². The molecule has 28 heavy (non-hydrogen) atoms. The highest BCUT2D eigenvalue weighted by molar-refractivity contribution is 7.89. The Bertz CT molecular complexity index is 1000. The Balaban J connectivity index is 1.32. The van der Waals surface area contributed by atoms with Gasteiger partial charge in [0.05, 0.1) is 4.90 Å². The molecule has 0 spiro atoms. The summed E-state index contributed by atoms with van der Waals surface area (Å²) in [6, 6.07) is 10.4. The molecule has 0 fully saturated rings. The van der Waals surface area contributed by atoms with Crippen molar-refractivity contribution >= 4 is 21.6 Å². The average Bonchev–Trinajstić information content (AvgIpc) is 3.15. The highest BCUT2D eigenvalue weighted by Crippen LogP contribution is 2.34. The van der Waals surface area contributed by atoms with Crippen molar-refractivity contribution in [3.63, 3.8) is 0 Å². The van der Waals surface area contributed by atoms with Crippen molar-refractivity contribution in [2.75, 3.05) is 18.7 Å². The van der Waals surface area contributed by atoms with Gasteiger partial charge in [-0.3, -0.25) is 4.79 Å². The molecule has 2 aromatic carbocycles. The van der Waals surface area contributed by atoms with Crippen LogP contribution in [0.2, 0.25) is 0 Å². The van der Waals surface area contributed by atoms with Gasteiger partial charge in [0, 0.05) is 24.7 Å². The fraction of sp³-hybridized carbons (Fsp3) is 0.350. The molecule has 1 amide bonds. The third-order valence-corrected chi connectivity index (χ3v) is 6.39. The minimum Gasteiger partial charge on any atom is -0.454 e. The molecule has 2 aliphatic rings. The van der Waals surface area contributed by atoms with E-state index in [1.54, 1.807) is 30.3 Å². The molecule has 1 aliphatic heterocycles. The Morgan fingerprint density at radius 2 is 1.75 bits per heavy atom. The number of anilines is 1. The third kappa shape index (κ3) is 4.13. The Kier molecular flexibility index (Phi) is 5.23. The first kappa shape index (κ1) is 18.8. The van der Waals surface area contributed by atoms with Gasteiger partial charge in [-0.1, -0.05) is 6.07 Å². The summed E-state index contributed by atoms with van der Waals surface area (Å²) in [5.74, 6) is 0.925. The van der Waals surface area contributed by atoms with E-state index in [2.05, 4.69) is 10.0 Å². The number of sulfonamides is 1. The lowest BCUT2D eigenvalue weighted by molar-refractivity contribution is -0.116. The number of carbonyl (C=O) groups is 1. The van der Waals surface area contributed by atoms with Crippen LogP contribution in [-0.4, -0.2) is 27.7 Å². The summed E-state index contributed by atoms with van der Waals surface area (Å²) in [6.07, 6.45) is 4.18. The van der Waals surface area contributed by atoms with Crippen LogP contribution in [-0.2, 0) is 27.7 Å². The zero-order valence-electron chi connectivity index (χ0n) is 15.4. The van der Waals surface area contributed by atoms with Crippen molar-refractivity contribution in [1.29, 1.82) is 0 Å². The summed E-state index contributed by atoms with van der Waals surface area (Å²) >= 11 is 0. The quantitative estimate of drug-likeness (QED) is 0.775. The second-order valence-corrected chi connectivity index (χ2v) is 8.67. The van der Waals surface area contributed by atoms with Crippen molar-refractivity contribution in [3.05, 3.63) is 47.5 Å². The van der Waals surface area contributed by atoms with Crippen LogP contribution in [0.1, 0.15) is 30.4 Å². The summed E-state index contributed by atoms with van der Waals surface area (Å²) in [4.78, 5) is 12.4. The maximum Gasteiger partial charge on any atom is 0.240 e. The molecule has 8 heteroatoms. The van der Waals surface area contributed by atoms with E-state index in [1.165, 1.54) is 5.56 Å². The van der Waals surface area contributed by atoms with Gasteiger partial charge in [0.25, 0.3) is 0 Å². The maximum absolute atomic E-state index is 12.5. The van der Waals surface area contributed by atoms with E-state index in [0.717, 1.165) is 31.2 Å². The largest absolute Gasteiger partial charge is 0.454 e. The Labute approximate surface area is 164 Å². The second kappa shape index (κ2) is 7.81. The monoisotopic (exact) mass is 402 g/mol. The molecule has 0 bridgehead atoms. The first-order valence-electron chi connectivity index (χ1n) is 9.32. The van der Waals surface area contributed by atoms with Crippen LogP contribution in [0, 0.1) is 0 Å². The van der Waals surface area contributed by atoms with Gasteiger partial charge in [0.1, 0.15) is 0 Å². The highest BCUT2D eigenvalue weighted by Gasteiger charge is 2.18. The van der Waals surface area contributed by atoms with Crippen molar-refractivity contribution < 1.29 is 22.7 Å². The fourth-order valence-electron chi connectivity index (χ4n) is 3.46. The number of rotatable bonds is 6. The van der Waals surface area contributed by atoms with Crippen molar-refractivity contribution in [3.8, 4) is 11.5 Å². The van der Waals surface area contributed by atoms with Gasteiger partial charge in [-0.25, -0.2) is 13.1 Å². The number of carbonyl (C=O) groups excluding carboxylic acids is 1. The van der Waals surface area contributed by atoms with Crippen LogP contribution in [0.15, 0.2) is 41.3 Å². The minimum atomic E-state index is -3.64. The first-order chi connectivity index (χ1) is 13.5. The Morgan fingerprint density at radius 3 is 2.61 bits per heavy atom. The van der Waals surface area contributed by atoms with Crippen LogP contribution in [0.5, 0.6) is 11.5 Å². The summed E-state index contributed by atoms with van der Waals surface area (Å²) in [5, 5.41) is 2.73. The summed E-state index contributed by atoms with van der Waals surface area (Å²) < 4.78 is 38.0. The number of ether oxygens (including phenoxy) is 2. The molecule has 0 saturated heterocycles. The Hall–Kier alpha value is -2.58. The van der Waals surface area contributed by atoms with E-state index in [0.29, 0.717) is 17.2 Å². The van der Waals surface area contributed by atoms with Gasteiger partial charge in [-0.05, 0) is 61.1 Å². The van der Waals surface area contributed by atoms with Crippen LogP contribution in [0.3, 0.4) is 0 Å². The second-order valence-electron chi connectivity index (χ2n) is 6.90. The molecular weight excluding hydrogens is 380 g/mol.